The Bertz CT molecular complexity index is 719. The largest absolute Gasteiger partial charge is 0.508 e. The molecule has 2 aliphatic rings. The summed E-state index contributed by atoms with van der Waals surface area (Å²) in [7, 11) is 0. The highest BCUT2D eigenvalue weighted by atomic mass is 16.3. The first-order valence-corrected chi connectivity index (χ1v) is 9.56. The molecule has 1 unspecified atom stereocenters. The molecule has 3 heteroatoms. The van der Waals surface area contributed by atoms with Crippen LogP contribution in [0.2, 0.25) is 0 Å². The maximum atomic E-state index is 9.87. The predicted octanol–water partition coefficient (Wildman–Crippen LogP) is 4.57. The number of fused-ring (bicyclic) bond motifs is 1. The zero-order chi connectivity index (χ0) is 17.2. The summed E-state index contributed by atoms with van der Waals surface area (Å²) in [4.78, 5) is 2.71. The summed E-state index contributed by atoms with van der Waals surface area (Å²) in [5, 5.41) is 19.4. The van der Waals surface area contributed by atoms with Crippen molar-refractivity contribution in [1.82, 2.24) is 4.90 Å². The maximum absolute atomic E-state index is 9.87. The van der Waals surface area contributed by atoms with Gasteiger partial charge in [-0.3, -0.25) is 4.90 Å². The average molecular weight is 337 g/mol. The van der Waals surface area contributed by atoms with Crippen LogP contribution in [-0.4, -0.2) is 27.7 Å². The number of aromatic hydroxyl groups is 2. The van der Waals surface area contributed by atoms with Crippen molar-refractivity contribution >= 4 is 0 Å². The highest BCUT2D eigenvalue weighted by molar-refractivity contribution is 5.40. The first-order valence-electron chi connectivity index (χ1n) is 9.56. The molecule has 0 spiro atoms. The maximum Gasteiger partial charge on any atom is 0.115 e. The fraction of sp³-hybridized carbons (Fsp3) is 0.455. The van der Waals surface area contributed by atoms with Crippen LogP contribution in [0.3, 0.4) is 0 Å². The van der Waals surface area contributed by atoms with Gasteiger partial charge in [-0.05, 0) is 66.6 Å². The lowest BCUT2D eigenvalue weighted by molar-refractivity contribution is 0.0945. The molecule has 1 aliphatic heterocycles. The van der Waals surface area contributed by atoms with Crippen LogP contribution in [0.4, 0.5) is 0 Å². The Morgan fingerprint density at radius 3 is 2.36 bits per heavy atom. The second kappa shape index (κ2) is 7.09. The molecule has 0 radical (unpaired) electrons. The molecule has 1 fully saturated rings. The quantitative estimate of drug-likeness (QED) is 0.862. The van der Waals surface area contributed by atoms with Crippen LogP contribution in [0.5, 0.6) is 11.5 Å². The lowest BCUT2D eigenvalue weighted by Gasteiger charge is -2.44. The molecule has 25 heavy (non-hydrogen) atoms. The molecule has 2 aromatic carbocycles. The number of nitrogens with zero attached hydrogens (tertiary/aromatic N) is 1. The molecule has 1 aliphatic carbocycles. The van der Waals surface area contributed by atoms with Crippen molar-refractivity contribution in [3.63, 3.8) is 0 Å². The molecule has 0 aromatic heterocycles. The van der Waals surface area contributed by atoms with Crippen molar-refractivity contribution in [2.45, 2.75) is 57.0 Å². The Labute approximate surface area is 149 Å². The number of phenolic OH excluding ortho intramolecular Hbond substituents is 2. The molecule has 3 nitrogen and oxygen atoms in total. The Morgan fingerprint density at radius 1 is 0.880 bits per heavy atom. The highest BCUT2D eigenvalue weighted by Gasteiger charge is 2.33. The van der Waals surface area contributed by atoms with Crippen molar-refractivity contribution < 1.29 is 10.2 Å². The van der Waals surface area contributed by atoms with Gasteiger partial charge in [0.15, 0.2) is 0 Å². The van der Waals surface area contributed by atoms with E-state index < -0.39 is 0 Å². The van der Waals surface area contributed by atoms with E-state index in [9.17, 15) is 10.2 Å². The van der Waals surface area contributed by atoms with Crippen LogP contribution in [0, 0.1) is 0 Å². The van der Waals surface area contributed by atoms with E-state index in [-0.39, 0.29) is 0 Å². The number of rotatable bonds is 3. The van der Waals surface area contributed by atoms with Gasteiger partial charge in [0.25, 0.3) is 0 Å². The van der Waals surface area contributed by atoms with Gasteiger partial charge in [0.2, 0.25) is 0 Å². The van der Waals surface area contributed by atoms with Gasteiger partial charge < -0.3 is 10.2 Å². The van der Waals surface area contributed by atoms with Crippen molar-refractivity contribution in [3.05, 3.63) is 59.2 Å². The van der Waals surface area contributed by atoms with E-state index >= 15 is 0 Å². The van der Waals surface area contributed by atoms with Gasteiger partial charge in [-0.15, -0.1) is 0 Å². The smallest absolute Gasteiger partial charge is 0.115 e. The molecule has 1 heterocycles. The van der Waals surface area contributed by atoms with Gasteiger partial charge in [-0.25, -0.2) is 0 Å². The number of benzene rings is 2. The minimum atomic E-state index is 0.321. The molecule has 2 aromatic rings. The van der Waals surface area contributed by atoms with Gasteiger partial charge in [0, 0.05) is 18.6 Å². The Balaban J connectivity index is 1.66. The zero-order valence-electron chi connectivity index (χ0n) is 14.7. The van der Waals surface area contributed by atoms with Crippen molar-refractivity contribution in [2.24, 2.45) is 0 Å². The third kappa shape index (κ3) is 3.52. The number of hydrogen-bond acceptors (Lipinski definition) is 3. The van der Waals surface area contributed by atoms with Gasteiger partial charge in [-0.1, -0.05) is 37.5 Å². The zero-order valence-corrected chi connectivity index (χ0v) is 14.7. The molecule has 132 valence electrons. The fourth-order valence-corrected chi connectivity index (χ4v) is 4.65. The minimum absolute atomic E-state index is 0.321. The van der Waals surface area contributed by atoms with E-state index in [1.165, 1.54) is 48.8 Å². The molecule has 0 saturated heterocycles. The van der Waals surface area contributed by atoms with Crippen molar-refractivity contribution in [1.29, 1.82) is 0 Å². The van der Waals surface area contributed by atoms with Crippen molar-refractivity contribution in [2.75, 3.05) is 6.54 Å². The summed E-state index contributed by atoms with van der Waals surface area (Å²) in [5.41, 5.74) is 3.91. The first kappa shape index (κ1) is 16.5. The normalized spacial score (nSPS) is 21.8. The monoisotopic (exact) mass is 337 g/mol. The van der Waals surface area contributed by atoms with Crippen LogP contribution < -0.4 is 0 Å². The number of hydrogen-bond donors (Lipinski definition) is 2. The minimum Gasteiger partial charge on any atom is -0.508 e. The van der Waals surface area contributed by atoms with Crippen LogP contribution in [-0.2, 0) is 12.8 Å². The van der Waals surface area contributed by atoms with Crippen LogP contribution in [0.1, 0.15) is 54.8 Å². The lowest BCUT2D eigenvalue weighted by Crippen LogP contribution is -2.44. The molecule has 0 amide bonds. The molecular formula is C22H27NO2. The van der Waals surface area contributed by atoms with Crippen LogP contribution in [0.25, 0.3) is 0 Å². The van der Waals surface area contributed by atoms with Gasteiger partial charge in [-0.2, -0.15) is 0 Å². The topological polar surface area (TPSA) is 43.7 Å². The van der Waals surface area contributed by atoms with Gasteiger partial charge >= 0.3 is 0 Å². The molecule has 1 saturated carbocycles. The average Bonchev–Trinajstić information content (AvgIpc) is 2.64. The molecule has 0 bridgehead atoms. The van der Waals surface area contributed by atoms with E-state index in [0.29, 0.717) is 23.6 Å². The van der Waals surface area contributed by atoms with E-state index in [0.717, 1.165) is 19.4 Å². The first-order chi connectivity index (χ1) is 12.2. The Morgan fingerprint density at radius 2 is 1.60 bits per heavy atom. The summed E-state index contributed by atoms with van der Waals surface area (Å²) in [6.07, 6.45) is 8.64. The fourth-order valence-electron chi connectivity index (χ4n) is 4.65. The van der Waals surface area contributed by atoms with Gasteiger partial charge in [0.05, 0.1) is 0 Å². The second-order valence-electron chi connectivity index (χ2n) is 7.55. The third-order valence-corrected chi connectivity index (χ3v) is 5.93. The lowest BCUT2D eigenvalue weighted by atomic mass is 9.84. The van der Waals surface area contributed by atoms with Crippen molar-refractivity contribution in [3.8, 4) is 11.5 Å². The van der Waals surface area contributed by atoms with E-state index in [4.69, 9.17) is 0 Å². The molecular weight excluding hydrogens is 310 g/mol. The van der Waals surface area contributed by atoms with E-state index in [2.05, 4.69) is 11.0 Å². The third-order valence-electron chi connectivity index (χ3n) is 5.93. The Kier molecular flexibility index (Phi) is 4.67. The highest BCUT2D eigenvalue weighted by Crippen LogP contribution is 2.38. The second-order valence-corrected chi connectivity index (χ2v) is 7.55. The number of phenols is 2. The summed E-state index contributed by atoms with van der Waals surface area (Å²) in [6, 6.07) is 14.5. The van der Waals surface area contributed by atoms with E-state index in [1.807, 2.05) is 24.3 Å². The SMILES string of the molecule is Oc1ccc(CC2c3ccc(O)cc3CCN2C2CCCCC2)cc1. The van der Waals surface area contributed by atoms with Gasteiger partial charge in [0.1, 0.15) is 11.5 Å². The van der Waals surface area contributed by atoms with Crippen LogP contribution in [0.15, 0.2) is 42.5 Å². The molecule has 4 rings (SSSR count). The molecule has 2 N–H and O–H groups in total. The predicted molar refractivity (Wildman–Crippen MR) is 99.9 cm³/mol. The van der Waals surface area contributed by atoms with Crippen LogP contribution >= 0.6 is 0 Å². The summed E-state index contributed by atoms with van der Waals surface area (Å²) < 4.78 is 0. The summed E-state index contributed by atoms with van der Waals surface area (Å²) >= 11 is 0. The summed E-state index contributed by atoms with van der Waals surface area (Å²) in [6.45, 7) is 1.07. The summed E-state index contributed by atoms with van der Waals surface area (Å²) in [5.74, 6) is 0.690. The standard InChI is InChI=1S/C22H27NO2/c24-19-8-6-16(7-9-19)14-22-21-11-10-20(25)15-17(21)12-13-23(22)18-4-2-1-3-5-18/h6-11,15,18,22,24-25H,1-5,12-14H2. The molecule has 1 atom stereocenters. The van der Waals surface area contributed by atoms with E-state index in [1.54, 1.807) is 12.1 Å². The Hall–Kier alpha value is -2.00.